The Kier molecular flexibility index (Phi) is 6.47. The Morgan fingerprint density at radius 3 is 3.00 bits per heavy atom. The molecule has 0 aromatic heterocycles. The van der Waals surface area contributed by atoms with Crippen molar-refractivity contribution in [2.24, 2.45) is 5.92 Å². The molecule has 0 aliphatic carbocycles. The van der Waals surface area contributed by atoms with Gasteiger partial charge in [0.25, 0.3) is 0 Å². The molecule has 17 heavy (non-hydrogen) atoms. The fourth-order valence-electron chi connectivity index (χ4n) is 2.00. The predicted octanol–water partition coefficient (Wildman–Crippen LogP) is 0.106. The van der Waals surface area contributed by atoms with Crippen LogP contribution in [-0.4, -0.2) is 63.4 Å². The van der Waals surface area contributed by atoms with Crippen LogP contribution >= 0.6 is 0 Å². The maximum atomic E-state index is 11.2. The Labute approximate surface area is 103 Å². The molecule has 0 spiro atoms. The first-order valence-corrected chi connectivity index (χ1v) is 6.21. The monoisotopic (exact) mass is 244 g/mol. The first-order valence-electron chi connectivity index (χ1n) is 6.21. The molecule has 0 aromatic rings. The van der Waals surface area contributed by atoms with Crippen molar-refractivity contribution >= 4 is 5.91 Å². The van der Waals surface area contributed by atoms with Gasteiger partial charge in [-0.2, -0.15) is 0 Å². The lowest BCUT2D eigenvalue weighted by Gasteiger charge is -2.33. The summed E-state index contributed by atoms with van der Waals surface area (Å²) in [6, 6.07) is 0. The van der Waals surface area contributed by atoms with Gasteiger partial charge in [0.05, 0.1) is 12.7 Å². The second kappa shape index (κ2) is 7.63. The highest BCUT2D eigenvalue weighted by atomic mass is 16.5. The quantitative estimate of drug-likeness (QED) is 0.720. The predicted molar refractivity (Wildman–Crippen MR) is 65.9 cm³/mol. The number of hydrogen-bond acceptors (Lipinski definition) is 4. The van der Waals surface area contributed by atoms with Crippen LogP contribution in [0.5, 0.6) is 0 Å². The van der Waals surface area contributed by atoms with Crippen molar-refractivity contribution in [2.75, 3.05) is 46.5 Å². The minimum atomic E-state index is -0.0860. The van der Waals surface area contributed by atoms with Crippen LogP contribution in [0.2, 0.25) is 0 Å². The maximum Gasteiger partial charge on any atom is 0.246 e. The van der Waals surface area contributed by atoms with Crippen molar-refractivity contribution < 1.29 is 14.3 Å². The third kappa shape index (κ3) is 6.00. The zero-order chi connectivity index (χ0) is 12.7. The van der Waals surface area contributed by atoms with Gasteiger partial charge < -0.3 is 14.8 Å². The summed E-state index contributed by atoms with van der Waals surface area (Å²) < 4.78 is 10.4. The van der Waals surface area contributed by atoms with E-state index in [0.717, 1.165) is 26.2 Å². The average Bonchev–Trinajstić information content (AvgIpc) is 2.26. The summed E-state index contributed by atoms with van der Waals surface area (Å²) in [6.07, 6.45) is 0.100. The number of hydrogen-bond donors (Lipinski definition) is 1. The van der Waals surface area contributed by atoms with Gasteiger partial charge in [0.15, 0.2) is 0 Å². The second-order valence-electron chi connectivity index (χ2n) is 4.88. The van der Waals surface area contributed by atoms with Crippen LogP contribution in [0.1, 0.15) is 13.8 Å². The summed E-state index contributed by atoms with van der Waals surface area (Å²) in [5, 5.41) is 2.81. The minimum Gasteiger partial charge on any atom is -0.375 e. The normalized spacial score (nSPS) is 21.8. The highest BCUT2D eigenvalue weighted by Crippen LogP contribution is 2.07. The van der Waals surface area contributed by atoms with Crippen LogP contribution in [0.3, 0.4) is 0 Å². The molecule has 5 nitrogen and oxygen atoms in total. The summed E-state index contributed by atoms with van der Waals surface area (Å²) in [7, 11) is 1.51. The molecule has 0 bridgehead atoms. The van der Waals surface area contributed by atoms with E-state index in [0.29, 0.717) is 12.5 Å². The zero-order valence-corrected chi connectivity index (χ0v) is 11.1. The van der Waals surface area contributed by atoms with Crippen LogP contribution in [0.4, 0.5) is 0 Å². The highest BCUT2D eigenvalue weighted by Gasteiger charge is 2.21. The molecule has 1 rings (SSSR count). The summed E-state index contributed by atoms with van der Waals surface area (Å²) in [5.74, 6) is 0.578. The van der Waals surface area contributed by atoms with Gasteiger partial charge in [-0.25, -0.2) is 0 Å². The molecular weight excluding hydrogens is 220 g/mol. The number of morpholine rings is 1. The molecule has 1 amide bonds. The van der Waals surface area contributed by atoms with Crippen LogP contribution in [0.25, 0.3) is 0 Å². The average molecular weight is 244 g/mol. The van der Waals surface area contributed by atoms with Crippen LogP contribution in [0, 0.1) is 5.92 Å². The third-order valence-electron chi connectivity index (χ3n) is 2.65. The number of carbonyl (C=O) groups is 1. The Balaban J connectivity index is 2.22. The largest absolute Gasteiger partial charge is 0.375 e. The first-order chi connectivity index (χ1) is 8.11. The standard InChI is InChI=1S/C12H24N2O3/c1-10(2)7-14-4-5-17-11(8-14)6-13-12(15)9-16-3/h10-11H,4-9H2,1-3H3,(H,13,15). The lowest BCUT2D eigenvalue weighted by molar-refractivity contribution is -0.125. The molecule has 0 saturated carbocycles. The zero-order valence-electron chi connectivity index (χ0n) is 11.1. The van der Waals surface area contributed by atoms with Crippen LogP contribution < -0.4 is 5.32 Å². The number of ether oxygens (including phenoxy) is 2. The van der Waals surface area contributed by atoms with Gasteiger partial charge in [-0.1, -0.05) is 13.8 Å². The lowest BCUT2D eigenvalue weighted by atomic mass is 10.2. The fraction of sp³-hybridized carbons (Fsp3) is 0.917. The smallest absolute Gasteiger partial charge is 0.246 e. The maximum absolute atomic E-state index is 11.2. The van der Waals surface area contributed by atoms with Gasteiger partial charge >= 0.3 is 0 Å². The van der Waals surface area contributed by atoms with E-state index in [1.165, 1.54) is 7.11 Å². The molecule has 100 valence electrons. The molecule has 1 aliphatic rings. The summed E-state index contributed by atoms with van der Waals surface area (Å²) >= 11 is 0. The number of nitrogens with one attached hydrogen (secondary N) is 1. The van der Waals surface area contributed by atoms with Gasteiger partial charge in [0.2, 0.25) is 5.91 Å². The third-order valence-corrected chi connectivity index (χ3v) is 2.65. The number of nitrogens with zero attached hydrogens (tertiary/aromatic N) is 1. The van der Waals surface area contributed by atoms with Gasteiger partial charge in [0, 0.05) is 33.3 Å². The molecule has 1 unspecified atom stereocenters. The van der Waals surface area contributed by atoms with Crippen molar-refractivity contribution in [2.45, 2.75) is 20.0 Å². The molecular formula is C12H24N2O3. The fourth-order valence-corrected chi connectivity index (χ4v) is 2.00. The van der Waals surface area contributed by atoms with Crippen molar-refractivity contribution in [3.05, 3.63) is 0 Å². The number of carbonyl (C=O) groups excluding carboxylic acids is 1. The number of rotatable bonds is 6. The van der Waals surface area contributed by atoms with Crippen molar-refractivity contribution in [1.29, 1.82) is 0 Å². The molecule has 1 atom stereocenters. The second-order valence-corrected chi connectivity index (χ2v) is 4.88. The molecule has 1 N–H and O–H groups in total. The number of methoxy groups -OCH3 is 1. The molecule has 0 aromatic carbocycles. The van der Waals surface area contributed by atoms with Crippen molar-refractivity contribution in [3.63, 3.8) is 0 Å². The summed E-state index contributed by atoms with van der Waals surface area (Å²) in [5.41, 5.74) is 0. The minimum absolute atomic E-state index is 0.0860. The van der Waals surface area contributed by atoms with E-state index >= 15 is 0 Å². The van der Waals surface area contributed by atoms with E-state index in [4.69, 9.17) is 9.47 Å². The van der Waals surface area contributed by atoms with Gasteiger partial charge in [0.1, 0.15) is 6.61 Å². The summed E-state index contributed by atoms with van der Waals surface area (Å²) in [6.45, 7) is 8.82. The molecule has 1 aliphatic heterocycles. The van der Waals surface area contributed by atoms with E-state index in [1.807, 2.05) is 0 Å². The van der Waals surface area contributed by atoms with Gasteiger partial charge in [-0.15, -0.1) is 0 Å². The number of amides is 1. The molecule has 5 heteroatoms. The van der Waals surface area contributed by atoms with Gasteiger partial charge in [-0.3, -0.25) is 9.69 Å². The Bertz CT molecular complexity index is 234. The van der Waals surface area contributed by atoms with Crippen molar-refractivity contribution in [3.8, 4) is 0 Å². The van der Waals surface area contributed by atoms with E-state index < -0.39 is 0 Å². The van der Waals surface area contributed by atoms with Gasteiger partial charge in [-0.05, 0) is 5.92 Å². The summed E-state index contributed by atoms with van der Waals surface area (Å²) in [4.78, 5) is 13.6. The lowest BCUT2D eigenvalue weighted by Crippen LogP contribution is -2.48. The van der Waals surface area contributed by atoms with E-state index in [2.05, 4.69) is 24.1 Å². The first kappa shape index (κ1) is 14.4. The van der Waals surface area contributed by atoms with E-state index in [-0.39, 0.29) is 18.6 Å². The van der Waals surface area contributed by atoms with E-state index in [9.17, 15) is 4.79 Å². The van der Waals surface area contributed by atoms with Crippen LogP contribution in [0.15, 0.2) is 0 Å². The van der Waals surface area contributed by atoms with Crippen LogP contribution in [-0.2, 0) is 14.3 Å². The molecule has 1 heterocycles. The molecule has 0 radical (unpaired) electrons. The SMILES string of the molecule is COCC(=O)NCC1CN(CC(C)C)CCO1. The highest BCUT2D eigenvalue weighted by molar-refractivity contribution is 5.77. The topological polar surface area (TPSA) is 50.8 Å². The Morgan fingerprint density at radius 1 is 1.59 bits per heavy atom. The van der Waals surface area contributed by atoms with E-state index in [1.54, 1.807) is 0 Å². The van der Waals surface area contributed by atoms with Crippen molar-refractivity contribution in [1.82, 2.24) is 10.2 Å². The Morgan fingerprint density at radius 2 is 2.35 bits per heavy atom. The molecule has 1 fully saturated rings. The molecule has 1 saturated heterocycles. The Hall–Kier alpha value is -0.650.